The third kappa shape index (κ3) is 6.28. The summed E-state index contributed by atoms with van der Waals surface area (Å²) in [7, 11) is 3.18. The van der Waals surface area contributed by atoms with Gasteiger partial charge in [0.25, 0.3) is 0 Å². The molecule has 0 saturated carbocycles. The molecule has 0 spiro atoms. The number of hydrogen-bond acceptors (Lipinski definition) is 5. The Labute approximate surface area is 185 Å². The highest BCUT2D eigenvalue weighted by atomic mass is 16.5. The molecule has 3 rings (SSSR count). The fourth-order valence-electron chi connectivity index (χ4n) is 3.82. The number of guanidine groups is 1. The lowest BCUT2D eigenvalue weighted by atomic mass is 10.0. The molecule has 1 aliphatic heterocycles. The Kier molecular flexibility index (Phi) is 8.41. The predicted molar refractivity (Wildman–Crippen MR) is 125 cm³/mol. The molecule has 0 radical (unpaired) electrons. The van der Waals surface area contributed by atoms with Crippen LogP contribution in [0.3, 0.4) is 0 Å². The van der Waals surface area contributed by atoms with Crippen LogP contribution in [0.5, 0.6) is 11.5 Å². The molecule has 31 heavy (non-hydrogen) atoms. The minimum Gasteiger partial charge on any atom is -0.493 e. The van der Waals surface area contributed by atoms with Gasteiger partial charge in [-0.1, -0.05) is 24.3 Å². The normalized spacial score (nSPS) is 17.7. The number of nitrogens with zero attached hydrogens (tertiary/aromatic N) is 2. The molecule has 7 heteroatoms. The number of nitrogens with one attached hydrogen (secondary N) is 2. The number of hydrogen-bond donors (Lipinski definition) is 3. The van der Waals surface area contributed by atoms with E-state index in [9.17, 15) is 5.11 Å². The summed E-state index contributed by atoms with van der Waals surface area (Å²) >= 11 is 0. The maximum atomic E-state index is 10.7. The SMILES string of the molecule is CCNC(=NCC(O)c1ccc(OC)c(OC)c1)NC1CCCN(c2ccccc2)C1. The Bertz CT molecular complexity index is 844. The first-order chi connectivity index (χ1) is 15.1. The largest absolute Gasteiger partial charge is 0.493 e. The van der Waals surface area contributed by atoms with E-state index in [0.29, 0.717) is 17.5 Å². The molecule has 0 amide bonds. The van der Waals surface area contributed by atoms with Crippen molar-refractivity contribution < 1.29 is 14.6 Å². The maximum absolute atomic E-state index is 10.7. The van der Waals surface area contributed by atoms with Crippen LogP contribution in [0.4, 0.5) is 5.69 Å². The van der Waals surface area contributed by atoms with E-state index in [0.717, 1.165) is 44.0 Å². The fourth-order valence-corrected chi connectivity index (χ4v) is 3.82. The number of rotatable bonds is 8. The molecule has 0 bridgehead atoms. The zero-order valence-corrected chi connectivity index (χ0v) is 18.7. The Hall–Kier alpha value is -2.93. The average Bonchev–Trinajstić information content (AvgIpc) is 2.82. The summed E-state index contributed by atoms with van der Waals surface area (Å²) in [5, 5.41) is 17.5. The molecule has 168 valence electrons. The van der Waals surface area contributed by atoms with Crippen LogP contribution in [0.2, 0.25) is 0 Å². The predicted octanol–water partition coefficient (Wildman–Crippen LogP) is 2.96. The number of piperidine rings is 1. The number of aliphatic imine (C=N–C) groups is 1. The molecule has 7 nitrogen and oxygen atoms in total. The summed E-state index contributed by atoms with van der Waals surface area (Å²) in [6.45, 7) is 5.03. The molecule has 0 aromatic heterocycles. The van der Waals surface area contributed by atoms with E-state index in [2.05, 4.69) is 44.8 Å². The molecule has 1 fully saturated rings. The number of methoxy groups -OCH3 is 2. The lowest BCUT2D eigenvalue weighted by Gasteiger charge is -2.35. The van der Waals surface area contributed by atoms with Crippen molar-refractivity contribution >= 4 is 11.6 Å². The van der Waals surface area contributed by atoms with Gasteiger partial charge in [0.05, 0.1) is 26.9 Å². The highest BCUT2D eigenvalue weighted by Gasteiger charge is 2.21. The van der Waals surface area contributed by atoms with Crippen LogP contribution in [0.15, 0.2) is 53.5 Å². The second-order valence-electron chi connectivity index (χ2n) is 7.61. The van der Waals surface area contributed by atoms with Gasteiger partial charge in [-0.3, -0.25) is 4.99 Å². The molecule has 2 atom stereocenters. The van der Waals surface area contributed by atoms with Gasteiger partial charge in [0.2, 0.25) is 0 Å². The van der Waals surface area contributed by atoms with Gasteiger partial charge in [-0.05, 0) is 49.6 Å². The Morgan fingerprint density at radius 2 is 1.94 bits per heavy atom. The molecule has 1 saturated heterocycles. The van der Waals surface area contributed by atoms with Crippen molar-refractivity contribution in [2.75, 3.05) is 45.3 Å². The van der Waals surface area contributed by atoms with Crippen molar-refractivity contribution in [2.45, 2.75) is 31.9 Å². The lowest BCUT2D eigenvalue weighted by Crippen LogP contribution is -2.51. The quantitative estimate of drug-likeness (QED) is 0.445. The van der Waals surface area contributed by atoms with Crippen molar-refractivity contribution in [3.63, 3.8) is 0 Å². The third-order valence-corrected chi connectivity index (χ3v) is 5.44. The molecule has 2 aromatic rings. The molecule has 1 aliphatic rings. The Morgan fingerprint density at radius 3 is 2.65 bits per heavy atom. The molecule has 2 unspecified atom stereocenters. The molecule has 3 N–H and O–H groups in total. The third-order valence-electron chi connectivity index (χ3n) is 5.44. The van der Waals surface area contributed by atoms with E-state index in [1.807, 2.05) is 19.1 Å². The average molecular weight is 427 g/mol. The molecular formula is C24H34N4O3. The van der Waals surface area contributed by atoms with Crippen LogP contribution >= 0.6 is 0 Å². The van der Waals surface area contributed by atoms with Crippen LogP contribution in [-0.4, -0.2) is 57.5 Å². The number of aliphatic hydroxyl groups is 1. The maximum Gasteiger partial charge on any atom is 0.191 e. The van der Waals surface area contributed by atoms with E-state index in [1.165, 1.54) is 5.69 Å². The summed E-state index contributed by atoms with van der Waals surface area (Å²) in [5.41, 5.74) is 1.99. The van der Waals surface area contributed by atoms with Gasteiger partial charge in [-0.15, -0.1) is 0 Å². The summed E-state index contributed by atoms with van der Waals surface area (Å²) in [6, 6.07) is 16.2. The second-order valence-corrected chi connectivity index (χ2v) is 7.61. The van der Waals surface area contributed by atoms with E-state index < -0.39 is 6.10 Å². The Morgan fingerprint density at radius 1 is 1.16 bits per heavy atom. The van der Waals surface area contributed by atoms with Crippen molar-refractivity contribution in [1.29, 1.82) is 0 Å². The van der Waals surface area contributed by atoms with Crippen LogP contribution in [0, 0.1) is 0 Å². The summed E-state index contributed by atoms with van der Waals surface area (Å²) in [4.78, 5) is 7.04. The van der Waals surface area contributed by atoms with Crippen molar-refractivity contribution in [2.24, 2.45) is 4.99 Å². The summed E-state index contributed by atoms with van der Waals surface area (Å²) in [5.74, 6) is 1.95. The molecule has 0 aliphatic carbocycles. The van der Waals surface area contributed by atoms with E-state index >= 15 is 0 Å². The first kappa shape index (κ1) is 22.7. The zero-order chi connectivity index (χ0) is 22.1. The van der Waals surface area contributed by atoms with Gasteiger partial charge in [0, 0.05) is 31.4 Å². The van der Waals surface area contributed by atoms with Gasteiger partial charge in [-0.25, -0.2) is 0 Å². The smallest absolute Gasteiger partial charge is 0.191 e. The topological polar surface area (TPSA) is 78.4 Å². The fraction of sp³-hybridized carbons (Fsp3) is 0.458. The van der Waals surface area contributed by atoms with Crippen molar-refractivity contribution in [3.8, 4) is 11.5 Å². The number of ether oxygens (including phenoxy) is 2. The molecular weight excluding hydrogens is 392 g/mol. The van der Waals surface area contributed by atoms with Gasteiger partial charge in [0.1, 0.15) is 0 Å². The number of benzene rings is 2. The van der Waals surface area contributed by atoms with Gasteiger partial charge < -0.3 is 30.1 Å². The first-order valence-corrected chi connectivity index (χ1v) is 10.9. The zero-order valence-electron chi connectivity index (χ0n) is 18.7. The van der Waals surface area contributed by atoms with Crippen LogP contribution in [0.1, 0.15) is 31.4 Å². The van der Waals surface area contributed by atoms with E-state index in [-0.39, 0.29) is 6.54 Å². The van der Waals surface area contributed by atoms with Crippen molar-refractivity contribution in [3.05, 3.63) is 54.1 Å². The second kappa shape index (κ2) is 11.5. The van der Waals surface area contributed by atoms with Gasteiger partial charge in [-0.2, -0.15) is 0 Å². The van der Waals surface area contributed by atoms with Crippen molar-refractivity contribution in [1.82, 2.24) is 10.6 Å². The summed E-state index contributed by atoms with van der Waals surface area (Å²) in [6.07, 6.45) is 1.48. The van der Waals surface area contributed by atoms with Crippen LogP contribution in [0.25, 0.3) is 0 Å². The summed E-state index contributed by atoms with van der Waals surface area (Å²) < 4.78 is 10.6. The van der Waals surface area contributed by atoms with Crippen LogP contribution < -0.4 is 25.0 Å². The number of anilines is 1. The van der Waals surface area contributed by atoms with Gasteiger partial charge in [0.15, 0.2) is 17.5 Å². The monoisotopic (exact) mass is 426 g/mol. The molecule has 1 heterocycles. The minimum atomic E-state index is -0.734. The van der Waals surface area contributed by atoms with E-state index in [4.69, 9.17) is 9.47 Å². The number of aliphatic hydroxyl groups excluding tert-OH is 1. The molecule has 2 aromatic carbocycles. The highest BCUT2D eigenvalue weighted by Crippen LogP contribution is 2.30. The van der Waals surface area contributed by atoms with Crippen LogP contribution in [-0.2, 0) is 0 Å². The van der Waals surface area contributed by atoms with E-state index in [1.54, 1.807) is 26.4 Å². The standard InChI is InChI=1S/C24H34N4O3/c1-4-25-24(26-16-21(29)18-12-13-22(30-2)23(15-18)31-3)27-19-9-8-14-28(17-19)20-10-6-5-7-11-20/h5-7,10-13,15,19,21,29H,4,8-9,14,16-17H2,1-3H3,(H2,25,26,27). The van der Waals surface area contributed by atoms with Gasteiger partial charge >= 0.3 is 0 Å². The highest BCUT2D eigenvalue weighted by molar-refractivity contribution is 5.80. The Balaban J connectivity index is 1.63. The number of para-hydroxylation sites is 1. The lowest BCUT2D eigenvalue weighted by molar-refractivity contribution is 0.186. The first-order valence-electron chi connectivity index (χ1n) is 10.9. The minimum absolute atomic E-state index is 0.250.